The van der Waals surface area contributed by atoms with Crippen LogP contribution < -0.4 is 4.74 Å². The predicted octanol–water partition coefficient (Wildman–Crippen LogP) is 1.55. The van der Waals surface area contributed by atoms with Gasteiger partial charge in [-0.3, -0.25) is 14.7 Å². The minimum Gasteiger partial charge on any atom is -0.497 e. The Morgan fingerprint density at radius 1 is 1.53 bits per heavy atom. The second-order valence-corrected chi connectivity index (χ2v) is 5.26. The van der Waals surface area contributed by atoms with Crippen molar-refractivity contribution in [2.45, 2.75) is 20.4 Å². The molecule has 19 heavy (non-hydrogen) atoms. The summed E-state index contributed by atoms with van der Waals surface area (Å²) in [5.74, 6) is 0.00483. The average molecular weight is 264 g/mol. The third-order valence-corrected chi connectivity index (χ3v) is 3.61. The van der Waals surface area contributed by atoms with Crippen LogP contribution in [-0.2, 0) is 11.3 Å². The molecule has 0 unspecified atom stereocenters. The second-order valence-electron chi connectivity index (χ2n) is 5.26. The highest BCUT2D eigenvalue weighted by Crippen LogP contribution is 2.25. The topological polar surface area (TPSA) is 62.7 Å². The lowest BCUT2D eigenvalue weighted by Crippen LogP contribution is -2.23. The molecule has 2 rings (SSSR count). The van der Waals surface area contributed by atoms with Crippen LogP contribution in [-0.4, -0.2) is 41.2 Å². The van der Waals surface area contributed by atoms with E-state index < -0.39 is 5.97 Å². The van der Waals surface area contributed by atoms with Crippen molar-refractivity contribution in [1.82, 2.24) is 9.88 Å². The summed E-state index contributed by atoms with van der Waals surface area (Å²) < 4.78 is 5.23. The van der Waals surface area contributed by atoms with Crippen LogP contribution in [0.15, 0.2) is 12.1 Å². The predicted molar refractivity (Wildman–Crippen MR) is 71.1 cm³/mol. The minimum absolute atomic E-state index is 0.184. The van der Waals surface area contributed by atoms with Gasteiger partial charge in [0.1, 0.15) is 5.75 Å². The van der Waals surface area contributed by atoms with Gasteiger partial charge in [-0.2, -0.15) is 0 Å². The molecule has 1 N–H and O–H groups in total. The lowest BCUT2D eigenvalue weighted by Gasteiger charge is -2.15. The van der Waals surface area contributed by atoms with Gasteiger partial charge in [0, 0.05) is 37.5 Å². The van der Waals surface area contributed by atoms with Crippen LogP contribution in [0.25, 0.3) is 0 Å². The number of aliphatic carboxylic acids is 1. The van der Waals surface area contributed by atoms with Gasteiger partial charge in [-0.15, -0.1) is 0 Å². The molecule has 0 aromatic carbocycles. The number of ether oxygens (including phenoxy) is 1. The first kappa shape index (κ1) is 13.8. The first-order valence-electron chi connectivity index (χ1n) is 6.46. The van der Waals surface area contributed by atoms with Gasteiger partial charge < -0.3 is 9.84 Å². The van der Waals surface area contributed by atoms with E-state index in [1.807, 2.05) is 26.0 Å². The van der Waals surface area contributed by atoms with Crippen molar-refractivity contribution in [3.63, 3.8) is 0 Å². The van der Waals surface area contributed by atoms with Crippen molar-refractivity contribution in [3.05, 3.63) is 23.5 Å². The third kappa shape index (κ3) is 3.23. The second kappa shape index (κ2) is 5.57. The standard InChI is InChI=1S/C14H20N2O3/c1-9-6-16(8-13(9)14(17)18)7-11-5-12(19-3)4-10(2)15-11/h4-5,9,13H,6-8H2,1-3H3,(H,17,18)/t9-,13-/m1/s1. The van der Waals surface area contributed by atoms with Gasteiger partial charge in [-0.25, -0.2) is 0 Å². The maximum Gasteiger partial charge on any atom is 0.308 e. The number of hydrogen-bond acceptors (Lipinski definition) is 4. The molecule has 1 saturated heterocycles. The molecule has 1 aromatic heterocycles. The Labute approximate surface area is 113 Å². The normalized spacial score (nSPS) is 23.5. The first-order chi connectivity index (χ1) is 8.99. The third-order valence-electron chi connectivity index (χ3n) is 3.61. The largest absolute Gasteiger partial charge is 0.497 e. The Hall–Kier alpha value is -1.62. The molecule has 1 aliphatic rings. The van der Waals surface area contributed by atoms with Crippen molar-refractivity contribution in [3.8, 4) is 5.75 Å². The van der Waals surface area contributed by atoms with E-state index in [0.29, 0.717) is 13.1 Å². The summed E-state index contributed by atoms with van der Waals surface area (Å²) in [7, 11) is 1.64. The van der Waals surface area contributed by atoms with Crippen molar-refractivity contribution in [2.75, 3.05) is 20.2 Å². The zero-order valence-electron chi connectivity index (χ0n) is 11.6. The first-order valence-corrected chi connectivity index (χ1v) is 6.46. The van der Waals surface area contributed by atoms with Gasteiger partial charge in [-0.05, 0) is 12.8 Å². The highest BCUT2D eigenvalue weighted by molar-refractivity contribution is 5.71. The number of methoxy groups -OCH3 is 1. The van der Waals surface area contributed by atoms with Crippen molar-refractivity contribution >= 4 is 5.97 Å². The number of aromatic nitrogens is 1. The number of aryl methyl sites for hydroxylation is 1. The molecule has 104 valence electrons. The number of pyridine rings is 1. The van der Waals surface area contributed by atoms with E-state index in [2.05, 4.69) is 9.88 Å². The summed E-state index contributed by atoms with van der Waals surface area (Å²) in [4.78, 5) is 17.7. The Morgan fingerprint density at radius 2 is 2.26 bits per heavy atom. The van der Waals surface area contributed by atoms with E-state index >= 15 is 0 Å². The number of likely N-dealkylation sites (tertiary alicyclic amines) is 1. The molecule has 0 aliphatic carbocycles. The van der Waals surface area contributed by atoms with E-state index in [1.54, 1.807) is 7.11 Å². The van der Waals surface area contributed by atoms with E-state index in [-0.39, 0.29) is 11.8 Å². The van der Waals surface area contributed by atoms with E-state index in [0.717, 1.165) is 23.7 Å². The monoisotopic (exact) mass is 264 g/mol. The van der Waals surface area contributed by atoms with Gasteiger partial charge in [0.05, 0.1) is 18.7 Å². The van der Waals surface area contributed by atoms with Crippen LogP contribution in [0.4, 0.5) is 0 Å². The van der Waals surface area contributed by atoms with Gasteiger partial charge in [0.15, 0.2) is 0 Å². The molecule has 0 saturated carbocycles. The molecule has 5 heteroatoms. The summed E-state index contributed by atoms with van der Waals surface area (Å²) in [5, 5.41) is 9.13. The number of nitrogens with zero attached hydrogens (tertiary/aromatic N) is 2. The molecule has 1 aromatic rings. The van der Waals surface area contributed by atoms with Crippen molar-refractivity contribution in [1.29, 1.82) is 0 Å². The lowest BCUT2D eigenvalue weighted by molar-refractivity contribution is -0.142. The summed E-state index contributed by atoms with van der Waals surface area (Å²) in [6.45, 7) is 5.98. The van der Waals surface area contributed by atoms with Crippen molar-refractivity contribution < 1.29 is 14.6 Å². The van der Waals surface area contributed by atoms with Crippen LogP contribution in [0.5, 0.6) is 5.75 Å². The van der Waals surface area contributed by atoms with Crippen LogP contribution in [0.3, 0.4) is 0 Å². The highest BCUT2D eigenvalue weighted by Gasteiger charge is 2.34. The lowest BCUT2D eigenvalue weighted by atomic mass is 9.99. The molecule has 1 aliphatic heterocycles. The van der Waals surface area contributed by atoms with Crippen LogP contribution in [0, 0.1) is 18.8 Å². The van der Waals surface area contributed by atoms with Crippen LogP contribution >= 0.6 is 0 Å². The number of rotatable bonds is 4. The molecule has 0 amide bonds. The molecular formula is C14H20N2O3. The van der Waals surface area contributed by atoms with Crippen molar-refractivity contribution in [2.24, 2.45) is 11.8 Å². The maximum atomic E-state index is 11.1. The Balaban J connectivity index is 2.06. The average Bonchev–Trinajstić information content (AvgIpc) is 2.69. The Kier molecular flexibility index (Phi) is 4.04. The molecular weight excluding hydrogens is 244 g/mol. The van der Waals surface area contributed by atoms with Crippen LogP contribution in [0.2, 0.25) is 0 Å². The fraction of sp³-hybridized carbons (Fsp3) is 0.571. The number of carbonyl (C=O) groups is 1. The molecule has 1 fully saturated rings. The molecule has 0 spiro atoms. The Morgan fingerprint density at radius 3 is 2.84 bits per heavy atom. The number of hydrogen-bond donors (Lipinski definition) is 1. The van der Waals surface area contributed by atoms with Crippen LogP contribution in [0.1, 0.15) is 18.3 Å². The highest BCUT2D eigenvalue weighted by atomic mass is 16.5. The zero-order valence-corrected chi connectivity index (χ0v) is 11.6. The van der Waals surface area contributed by atoms with E-state index in [9.17, 15) is 4.79 Å². The fourth-order valence-corrected chi connectivity index (χ4v) is 2.65. The van der Waals surface area contributed by atoms with Gasteiger partial charge >= 0.3 is 5.97 Å². The molecule has 2 heterocycles. The smallest absolute Gasteiger partial charge is 0.308 e. The molecule has 0 radical (unpaired) electrons. The molecule has 2 atom stereocenters. The SMILES string of the molecule is COc1cc(C)nc(CN2C[C@@H](C)[C@H](C(=O)O)C2)c1. The number of carboxylic acids is 1. The molecule has 5 nitrogen and oxygen atoms in total. The van der Waals surface area contributed by atoms with Gasteiger partial charge in [-0.1, -0.05) is 6.92 Å². The summed E-state index contributed by atoms with van der Waals surface area (Å²) in [6, 6.07) is 3.79. The van der Waals surface area contributed by atoms with E-state index in [4.69, 9.17) is 9.84 Å². The summed E-state index contributed by atoms with van der Waals surface area (Å²) >= 11 is 0. The summed E-state index contributed by atoms with van der Waals surface area (Å²) in [6.07, 6.45) is 0. The fourth-order valence-electron chi connectivity index (χ4n) is 2.65. The molecule has 0 bridgehead atoms. The van der Waals surface area contributed by atoms with Gasteiger partial charge in [0.2, 0.25) is 0 Å². The Bertz CT molecular complexity index is 476. The van der Waals surface area contributed by atoms with Gasteiger partial charge in [0.25, 0.3) is 0 Å². The minimum atomic E-state index is -0.704. The quantitative estimate of drug-likeness (QED) is 0.894. The summed E-state index contributed by atoms with van der Waals surface area (Å²) in [5.41, 5.74) is 1.84. The maximum absolute atomic E-state index is 11.1. The zero-order chi connectivity index (χ0) is 14.0. The van der Waals surface area contributed by atoms with E-state index in [1.165, 1.54) is 0 Å². The number of carboxylic acid groups (broad SMARTS) is 1.